The number of hydrogen-bond acceptors (Lipinski definition) is 2. The lowest BCUT2D eigenvalue weighted by atomic mass is 9.83. The molecule has 0 aliphatic carbocycles. The topological polar surface area (TPSA) is 32.3 Å². The molecule has 0 heterocycles. The monoisotopic (exact) mass is 331 g/mol. The maximum atomic E-state index is 13.9. The molecule has 19 heavy (non-hydrogen) atoms. The van der Waals surface area contributed by atoms with Gasteiger partial charge in [0, 0.05) is 22.5 Å². The molecule has 0 fully saturated rings. The molecule has 0 bridgehead atoms. The van der Waals surface area contributed by atoms with Gasteiger partial charge in [-0.3, -0.25) is 0 Å². The second-order valence-electron chi connectivity index (χ2n) is 5.92. The Hall–Kier alpha value is -0.450. The van der Waals surface area contributed by atoms with Crippen molar-refractivity contribution in [1.29, 1.82) is 0 Å². The normalized spacial score (nSPS) is 13.9. The van der Waals surface area contributed by atoms with Crippen molar-refractivity contribution in [2.45, 2.75) is 39.2 Å². The fraction of sp³-hybridized carbons (Fsp3) is 0.600. The van der Waals surface area contributed by atoms with Crippen LogP contribution in [0.2, 0.25) is 0 Å². The molecule has 0 amide bonds. The quantitative estimate of drug-likeness (QED) is 0.836. The highest BCUT2D eigenvalue weighted by Crippen LogP contribution is 2.28. The second kappa shape index (κ2) is 6.82. The van der Waals surface area contributed by atoms with E-state index in [1.165, 1.54) is 6.07 Å². The summed E-state index contributed by atoms with van der Waals surface area (Å²) in [6, 6.07) is 5.04. The Morgan fingerprint density at radius 3 is 2.53 bits per heavy atom. The predicted molar refractivity (Wildman–Crippen MR) is 80.8 cm³/mol. The first-order chi connectivity index (χ1) is 8.77. The number of halogens is 2. The molecule has 4 heteroatoms. The Morgan fingerprint density at radius 1 is 1.37 bits per heavy atom. The second-order valence-corrected chi connectivity index (χ2v) is 6.84. The molecule has 0 spiro atoms. The smallest absolute Gasteiger partial charge is 0.127 e. The van der Waals surface area contributed by atoms with Crippen molar-refractivity contribution in [3.63, 3.8) is 0 Å². The van der Waals surface area contributed by atoms with Crippen LogP contribution in [-0.4, -0.2) is 24.3 Å². The van der Waals surface area contributed by atoms with Crippen molar-refractivity contribution < 1.29 is 9.50 Å². The molecule has 2 nitrogen and oxygen atoms in total. The third-order valence-corrected chi connectivity index (χ3v) is 3.96. The molecule has 0 radical (unpaired) electrons. The Labute approximate surface area is 123 Å². The van der Waals surface area contributed by atoms with Gasteiger partial charge >= 0.3 is 0 Å². The van der Waals surface area contributed by atoms with E-state index in [-0.39, 0.29) is 23.9 Å². The summed E-state index contributed by atoms with van der Waals surface area (Å²) in [4.78, 5) is 0. The van der Waals surface area contributed by atoms with Crippen LogP contribution in [0.4, 0.5) is 4.39 Å². The lowest BCUT2D eigenvalue weighted by molar-refractivity contribution is 0.204. The molecule has 1 aromatic carbocycles. The number of nitrogens with one attached hydrogen (secondary N) is 1. The standard InChI is InChI=1S/C15H23BrFNO/c1-10(2)14(8-19)18-9-15(3,4)12-7-11(16)5-6-13(12)17/h5-7,10,14,18-19H,8-9H2,1-4H3. The van der Waals surface area contributed by atoms with E-state index in [1.807, 2.05) is 19.9 Å². The lowest BCUT2D eigenvalue weighted by Crippen LogP contribution is -2.44. The first-order valence-corrected chi connectivity index (χ1v) is 7.37. The van der Waals surface area contributed by atoms with E-state index in [1.54, 1.807) is 6.07 Å². The van der Waals surface area contributed by atoms with Gasteiger partial charge in [-0.05, 0) is 29.7 Å². The van der Waals surface area contributed by atoms with Crippen molar-refractivity contribution in [1.82, 2.24) is 5.32 Å². The van der Waals surface area contributed by atoms with Crippen LogP contribution in [0.25, 0.3) is 0 Å². The summed E-state index contributed by atoms with van der Waals surface area (Å²) in [5.74, 6) is 0.147. The first-order valence-electron chi connectivity index (χ1n) is 6.57. The zero-order valence-corrected chi connectivity index (χ0v) is 13.6. The Morgan fingerprint density at radius 2 is 2.00 bits per heavy atom. The van der Waals surface area contributed by atoms with Crippen LogP contribution in [0.1, 0.15) is 33.3 Å². The maximum Gasteiger partial charge on any atom is 0.127 e. The maximum absolute atomic E-state index is 13.9. The highest BCUT2D eigenvalue weighted by molar-refractivity contribution is 9.10. The Kier molecular flexibility index (Phi) is 5.96. The minimum atomic E-state index is -0.337. The number of benzene rings is 1. The van der Waals surface area contributed by atoms with E-state index >= 15 is 0 Å². The van der Waals surface area contributed by atoms with Gasteiger partial charge in [-0.15, -0.1) is 0 Å². The van der Waals surface area contributed by atoms with Gasteiger partial charge in [0.25, 0.3) is 0 Å². The average Bonchev–Trinajstić information content (AvgIpc) is 2.32. The lowest BCUT2D eigenvalue weighted by Gasteiger charge is -2.30. The van der Waals surface area contributed by atoms with Gasteiger partial charge in [0.15, 0.2) is 0 Å². The molecule has 2 N–H and O–H groups in total. The number of aliphatic hydroxyl groups excluding tert-OH is 1. The molecule has 0 saturated heterocycles. The molecule has 1 aromatic rings. The highest BCUT2D eigenvalue weighted by atomic mass is 79.9. The fourth-order valence-corrected chi connectivity index (χ4v) is 2.37. The van der Waals surface area contributed by atoms with Gasteiger partial charge in [0.2, 0.25) is 0 Å². The summed E-state index contributed by atoms with van der Waals surface area (Å²) in [6.45, 7) is 8.82. The van der Waals surface area contributed by atoms with Gasteiger partial charge in [-0.1, -0.05) is 43.6 Å². The summed E-state index contributed by atoms with van der Waals surface area (Å²) in [5, 5.41) is 12.6. The van der Waals surface area contributed by atoms with Crippen LogP contribution in [0, 0.1) is 11.7 Å². The molecule has 0 saturated carbocycles. The van der Waals surface area contributed by atoms with Crippen LogP contribution in [0.3, 0.4) is 0 Å². The molecular weight excluding hydrogens is 309 g/mol. The van der Waals surface area contributed by atoms with E-state index in [0.29, 0.717) is 18.0 Å². The van der Waals surface area contributed by atoms with Gasteiger partial charge < -0.3 is 10.4 Å². The van der Waals surface area contributed by atoms with E-state index in [0.717, 1.165) is 4.47 Å². The highest BCUT2D eigenvalue weighted by Gasteiger charge is 2.26. The van der Waals surface area contributed by atoms with E-state index in [2.05, 4.69) is 35.1 Å². The van der Waals surface area contributed by atoms with Crippen LogP contribution >= 0.6 is 15.9 Å². The summed E-state index contributed by atoms with van der Waals surface area (Å²) >= 11 is 3.38. The van der Waals surface area contributed by atoms with Gasteiger partial charge in [0.05, 0.1) is 6.61 Å². The minimum Gasteiger partial charge on any atom is -0.395 e. The van der Waals surface area contributed by atoms with E-state index in [9.17, 15) is 9.50 Å². The van der Waals surface area contributed by atoms with Crippen molar-refractivity contribution in [3.05, 3.63) is 34.1 Å². The molecule has 1 atom stereocenters. The molecular formula is C15H23BrFNO. The Balaban J connectivity index is 2.83. The third-order valence-electron chi connectivity index (χ3n) is 3.47. The zero-order valence-electron chi connectivity index (χ0n) is 12.0. The fourth-order valence-electron chi connectivity index (χ4n) is 2.01. The molecule has 0 aliphatic heterocycles. The summed E-state index contributed by atoms with van der Waals surface area (Å²) in [6.07, 6.45) is 0. The van der Waals surface area contributed by atoms with Crippen molar-refractivity contribution in [2.75, 3.05) is 13.2 Å². The largest absolute Gasteiger partial charge is 0.395 e. The summed E-state index contributed by atoms with van der Waals surface area (Å²) < 4.78 is 14.8. The van der Waals surface area contributed by atoms with Crippen molar-refractivity contribution in [3.8, 4) is 0 Å². The minimum absolute atomic E-state index is 0.0366. The van der Waals surface area contributed by atoms with Gasteiger partial charge in [-0.25, -0.2) is 4.39 Å². The average molecular weight is 332 g/mol. The SMILES string of the molecule is CC(C)C(CO)NCC(C)(C)c1cc(Br)ccc1F. The van der Waals surface area contributed by atoms with Crippen LogP contribution in [0.5, 0.6) is 0 Å². The predicted octanol–water partition coefficient (Wildman–Crippen LogP) is 3.47. The van der Waals surface area contributed by atoms with Crippen LogP contribution < -0.4 is 5.32 Å². The van der Waals surface area contributed by atoms with Gasteiger partial charge in [0.1, 0.15) is 5.82 Å². The van der Waals surface area contributed by atoms with Crippen molar-refractivity contribution >= 4 is 15.9 Å². The molecule has 1 rings (SSSR count). The number of aliphatic hydroxyl groups is 1. The summed E-state index contributed by atoms with van der Waals surface area (Å²) in [5.41, 5.74) is 0.339. The number of hydrogen-bond donors (Lipinski definition) is 2. The molecule has 0 aliphatic rings. The van der Waals surface area contributed by atoms with Gasteiger partial charge in [-0.2, -0.15) is 0 Å². The van der Waals surface area contributed by atoms with Crippen LogP contribution in [-0.2, 0) is 5.41 Å². The zero-order chi connectivity index (χ0) is 14.6. The third kappa shape index (κ3) is 4.55. The number of rotatable bonds is 6. The first kappa shape index (κ1) is 16.6. The molecule has 1 unspecified atom stereocenters. The van der Waals surface area contributed by atoms with E-state index in [4.69, 9.17) is 0 Å². The van der Waals surface area contributed by atoms with Crippen LogP contribution in [0.15, 0.2) is 22.7 Å². The van der Waals surface area contributed by atoms with Crippen molar-refractivity contribution in [2.24, 2.45) is 5.92 Å². The Bertz CT molecular complexity index is 421. The summed E-state index contributed by atoms with van der Waals surface area (Å²) in [7, 11) is 0. The van der Waals surface area contributed by atoms with E-state index < -0.39 is 0 Å². The molecule has 108 valence electrons. The molecule has 0 aromatic heterocycles.